The van der Waals surface area contributed by atoms with E-state index in [0.29, 0.717) is 22.5 Å². The molecule has 0 aromatic heterocycles. The maximum atomic E-state index is 12.4. The fourth-order valence-electron chi connectivity index (χ4n) is 6.39. The van der Waals surface area contributed by atoms with Gasteiger partial charge in [0.25, 0.3) is 0 Å². The molecule has 4 aliphatic rings. The Hall–Kier alpha value is -0.300. The number of rotatable bonds is 0. The maximum Gasteiger partial charge on any atom is 0.139 e. The SMILES string of the molecule is C[C@@]12CC[C@@H]3[C@H](CC=C4C[C@@H](Cl)CC[C@@]43C)[C@H]1CCC2=O. The molecule has 6 atom stereocenters. The van der Waals surface area contributed by atoms with E-state index in [0.717, 1.165) is 37.5 Å². The van der Waals surface area contributed by atoms with Crippen molar-refractivity contribution in [3.8, 4) is 0 Å². The topological polar surface area (TPSA) is 17.1 Å². The Morgan fingerprint density at radius 2 is 1.81 bits per heavy atom. The highest BCUT2D eigenvalue weighted by Gasteiger charge is 2.58. The fraction of sp³-hybridized carbons (Fsp3) is 0.842. The first-order chi connectivity index (χ1) is 9.95. The molecule has 0 aliphatic heterocycles. The van der Waals surface area contributed by atoms with E-state index in [9.17, 15) is 4.79 Å². The zero-order chi connectivity index (χ0) is 14.8. The highest BCUT2D eigenvalue weighted by atomic mass is 35.5. The van der Waals surface area contributed by atoms with E-state index in [1.807, 2.05) is 0 Å². The molecule has 3 saturated carbocycles. The van der Waals surface area contributed by atoms with Crippen molar-refractivity contribution in [2.45, 2.75) is 70.6 Å². The standard InChI is InChI=1S/C19H27ClO/c1-18-9-7-13(20)11-12(18)3-4-14-15-5-6-17(21)19(15,2)10-8-16(14)18/h3,13-16H,4-11H2,1-2H3/t13-,14+,15+,16+,18-,19+/m0/s1. The second-order valence-corrected chi connectivity index (χ2v) is 9.13. The van der Waals surface area contributed by atoms with Crippen LogP contribution in [0.2, 0.25) is 0 Å². The minimum atomic E-state index is 0.00650. The lowest BCUT2D eigenvalue weighted by molar-refractivity contribution is -0.131. The number of carbonyl (C=O) groups is 1. The van der Waals surface area contributed by atoms with Gasteiger partial charge in [-0.2, -0.15) is 0 Å². The molecule has 1 nitrogen and oxygen atoms in total. The highest BCUT2D eigenvalue weighted by Crippen LogP contribution is 2.64. The summed E-state index contributed by atoms with van der Waals surface area (Å²) in [6.45, 7) is 4.76. The summed E-state index contributed by atoms with van der Waals surface area (Å²) in [6, 6.07) is 0. The molecule has 0 saturated heterocycles. The summed E-state index contributed by atoms with van der Waals surface area (Å²) in [7, 11) is 0. The highest BCUT2D eigenvalue weighted by molar-refractivity contribution is 6.20. The van der Waals surface area contributed by atoms with Crippen LogP contribution in [0.3, 0.4) is 0 Å². The van der Waals surface area contributed by atoms with Gasteiger partial charge in [-0.1, -0.05) is 25.5 Å². The summed E-state index contributed by atoms with van der Waals surface area (Å²) in [5.41, 5.74) is 2.02. The lowest BCUT2D eigenvalue weighted by Crippen LogP contribution is -2.50. The van der Waals surface area contributed by atoms with Crippen molar-refractivity contribution < 1.29 is 4.79 Å². The van der Waals surface area contributed by atoms with Crippen molar-refractivity contribution in [3.63, 3.8) is 0 Å². The quantitative estimate of drug-likeness (QED) is 0.448. The Bertz CT molecular complexity index is 510. The third-order valence-corrected chi connectivity index (χ3v) is 8.13. The van der Waals surface area contributed by atoms with Gasteiger partial charge >= 0.3 is 0 Å². The van der Waals surface area contributed by atoms with Crippen LogP contribution in [0.25, 0.3) is 0 Å². The van der Waals surface area contributed by atoms with E-state index in [4.69, 9.17) is 11.6 Å². The van der Waals surface area contributed by atoms with Crippen molar-refractivity contribution in [1.82, 2.24) is 0 Å². The molecule has 116 valence electrons. The van der Waals surface area contributed by atoms with Crippen LogP contribution in [0, 0.1) is 28.6 Å². The van der Waals surface area contributed by atoms with Crippen LogP contribution >= 0.6 is 11.6 Å². The predicted molar refractivity (Wildman–Crippen MR) is 86.4 cm³/mol. The average molecular weight is 307 g/mol. The summed E-state index contributed by atoms with van der Waals surface area (Å²) >= 11 is 6.42. The number of carbonyl (C=O) groups excluding carboxylic acids is 1. The Labute approximate surface area is 133 Å². The van der Waals surface area contributed by atoms with Gasteiger partial charge in [0.1, 0.15) is 5.78 Å². The van der Waals surface area contributed by atoms with Crippen LogP contribution < -0.4 is 0 Å². The number of hydrogen-bond donors (Lipinski definition) is 0. The molecular weight excluding hydrogens is 280 g/mol. The fourth-order valence-corrected chi connectivity index (χ4v) is 6.66. The molecule has 3 fully saturated rings. The smallest absolute Gasteiger partial charge is 0.139 e. The van der Waals surface area contributed by atoms with Gasteiger partial charge in [-0.15, -0.1) is 11.6 Å². The maximum absolute atomic E-state index is 12.4. The van der Waals surface area contributed by atoms with Gasteiger partial charge < -0.3 is 0 Å². The number of hydrogen-bond acceptors (Lipinski definition) is 1. The predicted octanol–water partition coefficient (Wildman–Crippen LogP) is 5.13. The molecule has 4 aliphatic carbocycles. The number of fused-ring (bicyclic) bond motifs is 5. The zero-order valence-electron chi connectivity index (χ0n) is 13.3. The van der Waals surface area contributed by atoms with Gasteiger partial charge in [-0.25, -0.2) is 0 Å². The van der Waals surface area contributed by atoms with Crippen molar-refractivity contribution in [1.29, 1.82) is 0 Å². The molecular formula is C19H27ClO. The van der Waals surface area contributed by atoms with Crippen LogP contribution in [-0.4, -0.2) is 11.2 Å². The second kappa shape index (κ2) is 4.60. The van der Waals surface area contributed by atoms with Gasteiger partial charge in [0.05, 0.1) is 0 Å². The summed E-state index contributed by atoms with van der Waals surface area (Å²) in [5.74, 6) is 2.74. The van der Waals surface area contributed by atoms with Crippen LogP contribution in [-0.2, 0) is 4.79 Å². The minimum absolute atomic E-state index is 0.00650. The molecule has 0 spiro atoms. The van der Waals surface area contributed by atoms with E-state index < -0.39 is 0 Å². The number of Topliss-reactive ketones (excluding diaryl/α,β-unsaturated/α-hetero) is 1. The molecule has 0 heterocycles. The molecule has 2 heteroatoms. The molecule has 0 unspecified atom stereocenters. The van der Waals surface area contributed by atoms with Crippen molar-refractivity contribution in [3.05, 3.63) is 11.6 Å². The van der Waals surface area contributed by atoms with Crippen LogP contribution in [0.4, 0.5) is 0 Å². The Morgan fingerprint density at radius 1 is 1.10 bits per heavy atom. The monoisotopic (exact) mass is 306 g/mol. The van der Waals surface area contributed by atoms with Crippen LogP contribution in [0.5, 0.6) is 0 Å². The largest absolute Gasteiger partial charge is 0.299 e. The number of alkyl halides is 1. The Balaban J connectivity index is 1.69. The van der Waals surface area contributed by atoms with Gasteiger partial charge in [-0.3, -0.25) is 4.79 Å². The van der Waals surface area contributed by atoms with Crippen LogP contribution in [0.15, 0.2) is 11.6 Å². The summed E-state index contributed by atoms with van der Waals surface area (Å²) < 4.78 is 0. The Morgan fingerprint density at radius 3 is 2.62 bits per heavy atom. The first-order valence-electron chi connectivity index (χ1n) is 8.82. The average Bonchev–Trinajstić information content (AvgIpc) is 2.76. The summed E-state index contributed by atoms with van der Waals surface area (Å²) in [5, 5.41) is 0.350. The minimum Gasteiger partial charge on any atom is -0.299 e. The number of halogens is 1. The van der Waals surface area contributed by atoms with Crippen molar-refractivity contribution in [2.75, 3.05) is 0 Å². The van der Waals surface area contributed by atoms with Crippen molar-refractivity contribution in [2.24, 2.45) is 28.6 Å². The van der Waals surface area contributed by atoms with Gasteiger partial charge in [0, 0.05) is 17.2 Å². The second-order valence-electron chi connectivity index (χ2n) is 8.52. The van der Waals surface area contributed by atoms with Gasteiger partial charge in [0.15, 0.2) is 0 Å². The van der Waals surface area contributed by atoms with E-state index in [2.05, 4.69) is 19.9 Å². The zero-order valence-corrected chi connectivity index (χ0v) is 14.1. The first kappa shape index (κ1) is 14.3. The van der Waals surface area contributed by atoms with E-state index in [1.54, 1.807) is 5.57 Å². The molecule has 21 heavy (non-hydrogen) atoms. The lowest BCUT2D eigenvalue weighted by atomic mass is 9.48. The molecule has 0 amide bonds. The van der Waals surface area contributed by atoms with Gasteiger partial charge in [0.2, 0.25) is 0 Å². The van der Waals surface area contributed by atoms with Crippen LogP contribution in [0.1, 0.15) is 65.2 Å². The molecule has 4 rings (SSSR count). The van der Waals surface area contributed by atoms with E-state index in [1.165, 1.54) is 25.7 Å². The number of allylic oxidation sites excluding steroid dienone is 2. The van der Waals surface area contributed by atoms with Crippen molar-refractivity contribution >= 4 is 17.4 Å². The normalized spacial score (nSPS) is 52.7. The molecule has 0 bridgehead atoms. The molecule has 0 aromatic carbocycles. The summed E-state index contributed by atoms with van der Waals surface area (Å²) in [4.78, 5) is 12.4. The molecule has 0 N–H and O–H groups in total. The van der Waals surface area contributed by atoms with E-state index in [-0.39, 0.29) is 5.41 Å². The van der Waals surface area contributed by atoms with E-state index >= 15 is 0 Å². The first-order valence-corrected chi connectivity index (χ1v) is 9.26. The summed E-state index contributed by atoms with van der Waals surface area (Å²) in [6.07, 6.45) is 11.6. The van der Waals surface area contributed by atoms with Gasteiger partial charge in [-0.05, 0) is 68.1 Å². The third-order valence-electron chi connectivity index (χ3n) is 7.75. The molecule has 0 aromatic rings. The molecule has 0 radical (unpaired) electrons. The Kier molecular flexibility index (Phi) is 3.13. The number of ketones is 1. The lowest BCUT2D eigenvalue weighted by Gasteiger charge is -2.56. The third kappa shape index (κ3) is 1.85.